The molecular formula is C8H14O. The normalized spacial score (nSPS) is 39.0. The van der Waals surface area contributed by atoms with Gasteiger partial charge in [-0.25, -0.2) is 0 Å². The molecule has 1 aliphatic heterocycles. The lowest BCUT2D eigenvalue weighted by Gasteiger charge is -2.26. The molecule has 0 aromatic rings. The first-order valence-corrected chi connectivity index (χ1v) is 3.92. The van der Waals surface area contributed by atoms with Gasteiger partial charge in [0.05, 0.1) is 12.7 Å². The van der Waals surface area contributed by atoms with Crippen molar-refractivity contribution in [3.05, 3.63) is 0 Å². The summed E-state index contributed by atoms with van der Waals surface area (Å²) in [4.78, 5) is 0. The van der Waals surface area contributed by atoms with E-state index in [9.17, 15) is 0 Å². The molecule has 52 valence electrons. The zero-order valence-corrected chi connectivity index (χ0v) is 6.02. The molecule has 2 fully saturated rings. The fraction of sp³-hybridized carbons (Fsp3) is 1.00. The average Bonchev–Trinajstić information content (AvgIpc) is 2.60. The van der Waals surface area contributed by atoms with Crippen LogP contribution in [-0.4, -0.2) is 12.7 Å². The number of ether oxygens (including phenoxy) is 1. The molecule has 0 N–H and O–H groups in total. The van der Waals surface area contributed by atoms with E-state index >= 15 is 0 Å². The van der Waals surface area contributed by atoms with Crippen LogP contribution in [0.25, 0.3) is 0 Å². The van der Waals surface area contributed by atoms with Crippen LogP contribution in [0.3, 0.4) is 0 Å². The fourth-order valence-electron chi connectivity index (χ4n) is 1.56. The predicted octanol–water partition coefficient (Wildman–Crippen LogP) is 1.97. The summed E-state index contributed by atoms with van der Waals surface area (Å²) in [7, 11) is 0. The molecule has 1 aliphatic carbocycles. The summed E-state index contributed by atoms with van der Waals surface area (Å²) in [6.07, 6.45) is 6.12. The monoisotopic (exact) mass is 126 g/mol. The average molecular weight is 126 g/mol. The zero-order chi connectivity index (χ0) is 6.32. The molecule has 0 radical (unpaired) electrons. The SMILES string of the molecule is CC1CCC2(CC2)CO1. The first kappa shape index (κ1) is 5.72. The van der Waals surface area contributed by atoms with Gasteiger partial charge in [-0.3, -0.25) is 0 Å². The maximum Gasteiger partial charge on any atom is 0.0547 e. The third-order valence-electron chi connectivity index (χ3n) is 2.71. The highest BCUT2D eigenvalue weighted by Gasteiger charge is 2.44. The van der Waals surface area contributed by atoms with Crippen LogP contribution >= 0.6 is 0 Å². The molecule has 2 aliphatic rings. The zero-order valence-electron chi connectivity index (χ0n) is 6.02. The van der Waals surface area contributed by atoms with Crippen molar-refractivity contribution in [2.45, 2.75) is 38.7 Å². The van der Waals surface area contributed by atoms with Crippen LogP contribution in [0.5, 0.6) is 0 Å². The molecule has 9 heavy (non-hydrogen) atoms. The van der Waals surface area contributed by atoms with Crippen LogP contribution in [0.15, 0.2) is 0 Å². The smallest absolute Gasteiger partial charge is 0.0547 e. The minimum Gasteiger partial charge on any atom is -0.378 e. The standard InChI is InChI=1S/C8H14O/c1-7-2-3-8(4-5-8)6-9-7/h7H,2-6H2,1H3. The molecule has 0 aromatic carbocycles. The largest absolute Gasteiger partial charge is 0.378 e. The summed E-state index contributed by atoms with van der Waals surface area (Å²) in [5, 5.41) is 0. The van der Waals surface area contributed by atoms with Crippen LogP contribution < -0.4 is 0 Å². The maximum absolute atomic E-state index is 5.56. The molecule has 2 rings (SSSR count). The van der Waals surface area contributed by atoms with Crippen molar-refractivity contribution in [1.82, 2.24) is 0 Å². The quantitative estimate of drug-likeness (QED) is 0.482. The molecule has 0 aromatic heterocycles. The number of hydrogen-bond acceptors (Lipinski definition) is 1. The van der Waals surface area contributed by atoms with Crippen LogP contribution in [0, 0.1) is 5.41 Å². The van der Waals surface area contributed by atoms with Gasteiger partial charge in [0.25, 0.3) is 0 Å². The highest BCUT2D eigenvalue weighted by Crippen LogP contribution is 2.52. The third-order valence-corrected chi connectivity index (χ3v) is 2.71. The summed E-state index contributed by atoms with van der Waals surface area (Å²) in [6, 6.07) is 0. The Labute approximate surface area is 56.4 Å². The molecule has 1 saturated heterocycles. The molecule has 1 saturated carbocycles. The van der Waals surface area contributed by atoms with Crippen molar-refractivity contribution < 1.29 is 4.74 Å². The van der Waals surface area contributed by atoms with Gasteiger partial charge < -0.3 is 4.74 Å². The van der Waals surface area contributed by atoms with Crippen molar-refractivity contribution in [2.24, 2.45) is 5.41 Å². The van der Waals surface area contributed by atoms with Gasteiger partial charge in [0.2, 0.25) is 0 Å². The Hall–Kier alpha value is -0.0400. The van der Waals surface area contributed by atoms with Crippen molar-refractivity contribution in [2.75, 3.05) is 6.61 Å². The Morgan fingerprint density at radius 3 is 2.56 bits per heavy atom. The van der Waals surface area contributed by atoms with Gasteiger partial charge >= 0.3 is 0 Å². The molecule has 1 nitrogen and oxygen atoms in total. The molecule has 0 amide bonds. The summed E-state index contributed by atoms with van der Waals surface area (Å²) in [6.45, 7) is 3.23. The second-order valence-electron chi connectivity index (χ2n) is 3.66. The van der Waals surface area contributed by atoms with Gasteiger partial charge in [0, 0.05) is 0 Å². The Bertz CT molecular complexity index is 106. The molecular weight excluding hydrogens is 112 g/mol. The van der Waals surface area contributed by atoms with Crippen molar-refractivity contribution in [3.8, 4) is 0 Å². The summed E-state index contributed by atoms with van der Waals surface area (Å²) in [5.74, 6) is 0. The minimum atomic E-state index is 0.538. The number of hydrogen-bond donors (Lipinski definition) is 0. The highest BCUT2D eigenvalue weighted by atomic mass is 16.5. The van der Waals surface area contributed by atoms with Crippen LogP contribution in [0.2, 0.25) is 0 Å². The van der Waals surface area contributed by atoms with Crippen molar-refractivity contribution in [3.63, 3.8) is 0 Å². The Morgan fingerprint density at radius 2 is 2.11 bits per heavy atom. The number of rotatable bonds is 0. The third kappa shape index (κ3) is 0.983. The second-order valence-corrected chi connectivity index (χ2v) is 3.66. The van der Waals surface area contributed by atoms with Gasteiger partial charge in [-0.1, -0.05) is 0 Å². The van der Waals surface area contributed by atoms with E-state index in [-0.39, 0.29) is 0 Å². The van der Waals surface area contributed by atoms with Crippen molar-refractivity contribution >= 4 is 0 Å². The van der Waals surface area contributed by atoms with Gasteiger partial charge in [-0.15, -0.1) is 0 Å². The fourth-order valence-corrected chi connectivity index (χ4v) is 1.56. The van der Waals surface area contributed by atoms with Gasteiger partial charge in [-0.05, 0) is 38.0 Å². The first-order valence-electron chi connectivity index (χ1n) is 3.92. The van der Waals surface area contributed by atoms with Crippen LogP contribution in [0.1, 0.15) is 32.6 Å². The summed E-state index contributed by atoms with van der Waals surface area (Å²) < 4.78 is 5.56. The van der Waals surface area contributed by atoms with E-state index in [1.54, 1.807) is 0 Å². The topological polar surface area (TPSA) is 9.23 Å². The van der Waals surface area contributed by atoms with E-state index in [1.165, 1.54) is 25.7 Å². The van der Waals surface area contributed by atoms with E-state index in [0.717, 1.165) is 6.61 Å². The van der Waals surface area contributed by atoms with E-state index in [1.807, 2.05) is 0 Å². The van der Waals surface area contributed by atoms with E-state index in [0.29, 0.717) is 11.5 Å². The van der Waals surface area contributed by atoms with Gasteiger partial charge in [-0.2, -0.15) is 0 Å². The molecule has 1 atom stereocenters. The maximum atomic E-state index is 5.56. The van der Waals surface area contributed by atoms with Crippen molar-refractivity contribution in [1.29, 1.82) is 0 Å². The lowest BCUT2D eigenvalue weighted by molar-refractivity contribution is -0.0143. The summed E-state index contributed by atoms with van der Waals surface area (Å²) in [5.41, 5.74) is 0.687. The van der Waals surface area contributed by atoms with Crippen LogP contribution in [-0.2, 0) is 4.74 Å². The Balaban J connectivity index is 1.91. The van der Waals surface area contributed by atoms with Crippen LogP contribution in [0.4, 0.5) is 0 Å². The highest BCUT2D eigenvalue weighted by molar-refractivity contribution is 4.95. The Kier molecular flexibility index (Phi) is 1.10. The molecule has 1 unspecified atom stereocenters. The van der Waals surface area contributed by atoms with Gasteiger partial charge in [0.15, 0.2) is 0 Å². The molecule has 1 heteroatoms. The lowest BCUT2D eigenvalue weighted by atomic mass is 9.96. The Morgan fingerprint density at radius 1 is 1.33 bits per heavy atom. The minimum absolute atomic E-state index is 0.538. The first-order chi connectivity index (χ1) is 4.31. The van der Waals surface area contributed by atoms with Gasteiger partial charge in [0.1, 0.15) is 0 Å². The summed E-state index contributed by atoms with van der Waals surface area (Å²) >= 11 is 0. The van der Waals surface area contributed by atoms with E-state index < -0.39 is 0 Å². The second kappa shape index (κ2) is 1.72. The predicted molar refractivity (Wildman–Crippen MR) is 36.3 cm³/mol. The van der Waals surface area contributed by atoms with E-state index in [2.05, 4.69) is 6.92 Å². The molecule has 1 heterocycles. The molecule has 0 bridgehead atoms. The van der Waals surface area contributed by atoms with E-state index in [4.69, 9.17) is 4.74 Å². The molecule has 1 spiro atoms. The lowest BCUT2D eigenvalue weighted by Crippen LogP contribution is -2.24.